The molecule has 0 saturated carbocycles. The number of aromatic hydroxyl groups is 1. The van der Waals surface area contributed by atoms with E-state index in [1.165, 1.54) is 23.5 Å². The van der Waals surface area contributed by atoms with Gasteiger partial charge in [-0.25, -0.2) is 9.59 Å². The van der Waals surface area contributed by atoms with Crippen LogP contribution in [0.1, 0.15) is 76.0 Å². The zero-order valence-corrected chi connectivity index (χ0v) is 55.3. The van der Waals surface area contributed by atoms with Crippen LogP contribution in [0.4, 0.5) is 17.1 Å². The summed E-state index contributed by atoms with van der Waals surface area (Å²) in [7, 11) is 0. The van der Waals surface area contributed by atoms with E-state index in [1.54, 1.807) is 132 Å². The normalized spacial score (nSPS) is 12.7. The number of ketones is 2. The van der Waals surface area contributed by atoms with E-state index in [1.807, 2.05) is 121 Å². The molecule has 3 aliphatic heterocycles. The molecule has 0 aliphatic carbocycles. The Hall–Kier alpha value is -9.42. The number of benzene rings is 9. The number of rotatable bonds is 11. The highest BCUT2D eigenvalue weighted by Crippen LogP contribution is 2.28. The Kier molecular flexibility index (Phi) is 26.6. The second-order valence-electron chi connectivity index (χ2n) is 20.3. The highest BCUT2D eigenvalue weighted by atomic mass is 32.2. The number of anilines is 3. The number of nitrogens with one attached hydrogen (secondary N) is 1. The second-order valence-corrected chi connectivity index (χ2v) is 25.5. The van der Waals surface area contributed by atoms with Crippen molar-refractivity contribution < 1.29 is 43.3 Å². The maximum atomic E-state index is 12.5. The first-order valence-corrected chi connectivity index (χ1v) is 32.7. The van der Waals surface area contributed by atoms with Crippen molar-refractivity contribution in [1.82, 2.24) is 15.1 Å². The largest absolute Gasteiger partial charge is 0.508 e. The van der Waals surface area contributed by atoms with Crippen molar-refractivity contribution >= 4 is 146 Å². The van der Waals surface area contributed by atoms with Crippen LogP contribution in [0.3, 0.4) is 0 Å². The van der Waals surface area contributed by atoms with Crippen molar-refractivity contribution in [3.05, 3.63) is 252 Å². The number of nitrogens with two attached hydrogens (primary N) is 3. The van der Waals surface area contributed by atoms with Gasteiger partial charge in [-0.15, -0.1) is 0 Å². The van der Waals surface area contributed by atoms with E-state index in [-0.39, 0.29) is 37.5 Å². The summed E-state index contributed by atoms with van der Waals surface area (Å²) in [6.45, 7) is 5.49. The third-order valence-electron chi connectivity index (χ3n) is 13.8. The summed E-state index contributed by atoms with van der Waals surface area (Å²) < 4.78 is 12.9. The third kappa shape index (κ3) is 21.1. The molecule has 2 amide bonds. The van der Waals surface area contributed by atoms with E-state index >= 15 is 0 Å². The van der Waals surface area contributed by atoms with E-state index in [2.05, 4.69) is 5.32 Å². The Morgan fingerprint density at radius 3 is 0.903 bits per heavy atom. The lowest BCUT2D eigenvalue weighted by molar-refractivity contribution is 0.0725. The van der Waals surface area contributed by atoms with Gasteiger partial charge in [0, 0.05) is 84.6 Å². The number of hydrogen-bond donors (Lipinski definition) is 5. The topological polar surface area (TPSA) is 238 Å². The fourth-order valence-corrected chi connectivity index (χ4v) is 12.0. The minimum atomic E-state index is -0.456. The number of phenols is 1. The van der Waals surface area contributed by atoms with Crippen LogP contribution in [0.5, 0.6) is 17.2 Å². The van der Waals surface area contributed by atoms with Gasteiger partial charge < -0.3 is 37.1 Å². The van der Waals surface area contributed by atoms with E-state index in [0.29, 0.717) is 83.7 Å². The van der Waals surface area contributed by atoms with Crippen molar-refractivity contribution in [2.75, 3.05) is 54.1 Å². The summed E-state index contributed by atoms with van der Waals surface area (Å²) in [4.78, 5) is 75.4. The van der Waals surface area contributed by atoms with Gasteiger partial charge in [-0.2, -0.15) is 0 Å². The number of phenolic OH excluding ortho intramolecular Hbond substituents is 1. The lowest BCUT2D eigenvalue weighted by Gasteiger charge is -2.15. The summed E-state index contributed by atoms with van der Waals surface area (Å²) in [5.41, 5.74) is 27.8. The molecular weight excluding hydrogens is 1280 g/mol. The number of nitrogen functional groups attached to an aromatic ring is 3. The molecule has 469 valence electrons. The van der Waals surface area contributed by atoms with E-state index in [0.717, 1.165) is 61.5 Å². The van der Waals surface area contributed by atoms with Crippen molar-refractivity contribution in [1.29, 1.82) is 0 Å². The Labute approximate surface area is 570 Å². The van der Waals surface area contributed by atoms with Crippen LogP contribution in [0, 0.1) is 0 Å². The highest BCUT2D eigenvalue weighted by Gasteiger charge is 2.26. The number of carbonyl (C=O) groups is 6. The Bertz CT molecular complexity index is 3830. The van der Waals surface area contributed by atoms with Crippen molar-refractivity contribution in [3.8, 4) is 50.6 Å². The average molecular weight is 1350 g/mol. The molecule has 8 N–H and O–H groups in total. The third-order valence-corrected chi connectivity index (χ3v) is 17.9. The first-order chi connectivity index (χ1) is 44.3. The number of ether oxygens (including phenoxy) is 2. The van der Waals surface area contributed by atoms with Crippen molar-refractivity contribution in [3.63, 3.8) is 0 Å². The molecule has 3 heterocycles. The molecule has 15 nitrogen and oxygen atoms in total. The molecule has 9 aromatic rings. The number of nitrogens with zero attached hydrogens (tertiary/aromatic N) is 2. The van der Waals surface area contributed by atoms with E-state index < -0.39 is 11.9 Å². The second kappa shape index (κ2) is 34.9. The molecular formula is C71H62BN6O9S6. The Morgan fingerprint density at radius 2 is 0.677 bits per heavy atom. The molecule has 0 unspecified atom stereocenters. The molecule has 0 spiro atoms. The molecule has 93 heavy (non-hydrogen) atoms. The van der Waals surface area contributed by atoms with E-state index in [4.69, 9.17) is 68.4 Å². The smallest absolute Gasteiger partial charge is 0.343 e. The number of thioether (sulfide) groups is 3. The summed E-state index contributed by atoms with van der Waals surface area (Å²) in [6, 6.07) is 63.6. The summed E-state index contributed by atoms with van der Waals surface area (Å²) in [6.07, 6.45) is 0. The minimum absolute atomic E-state index is 0. The predicted molar refractivity (Wildman–Crippen MR) is 391 cm³/mol. The standard InChI is InChI=1S/C26H20N2O4.C20H16N2O2S4.C16H14O2.C6H7NO.C3H5NS2.B/c27-21-9-13-23(14-10-21)31-25(29)19-5-1-17(2-6-19)18-3-7-20(8-4-18)26(30)32-24-15-11-22(28)12-16-24;23-17(21-9-11-27-19(21)25)15-5-1-13(2-6-15)14-3-7-16(8-4-14)18(24)22-10-12-28-20(22)26;1-11(17)13-3-7-15(8-4-13)16-9-5-14(6-10-16)12(2)18;7-5-1-3-6(8)4-2-5;5-3-4-1-2-6-3;/h1-16H,27-28H2;1-8H,9-12H2;3-10H,1-2H3;1-4,8H,7H2;1-2H2,(H,4,5);. The Morgan fingerprint density at radius 1 is 0.398 bits per heavy atom. The number of amides is 2. The quantitative estimate of drug-likeness (QED) is 0.0154. The first kappa shape index (κ1) is 71.0. The van der Waals surface area contributed by atoms with Gasteiger partial charge in [0.05, 0.1) is 11.1 Å². The molecule has 0 aromatic heterocycles. The maximum absolute atomic E-state index is 12.5. The number of carbonyl (C=O) groups excluding carboxylic acids is 6. The Balaban J connectivity index is 0.000000182. The maximum Gasteiger partial charge on any atom is 0.343 e. The summed E-state index contributed by atoms with van der Waals surface area (Å²) >= 11 is 20.0. The van der Waals surface area contributed by atoms with Crippen LogP contribution in [0.15, 0.2) is 218 Å². The lowest BCUT2D eigenvalue weighted by Crippen LogP contribution is -2.30. The molecule has 12 rings (SSSR count). The van der Waals surface area contributed by atoms with Crippen LogP contribution in [0.2, 0.25) is 0 Å². The van der Waals surface area contributed by atoms with Gasteiger partial charge in [-0.05, 0) is 169 Å². The van der Waals surface area contributed by atoms with Crippen molar-refractivity contribution in [2.24, 2.45) is 0 Å². The van der Waals surface area contributed by atoms with Gasteiger partial charge >= 0.3 is 11.9 Å². The molecule has 0 atom stereocenters. The van der Waals surface area contributed by atoms with Gasteiger partial charge in [0.2, 0.25) is 0 Å². The molecule has 3 radical (unpaired) electrons. The monoisotopic (exact) mass is 1350 g/mol. The summed E-state index contributed by atoms with van der Waals surface area (Å²) in [5, 5.41) is 11.7. The van der Waals surface area contributed by atoms with Gasteiger partial charge in [-0.3, -0.25) is 29.0 Å². The zero-order valence-electron chi connectivity index (χ0n) is 50.4. The molecule has 3 saturated heterocycles. The van der Waals surface area contributed by atoms with Crippen LogP contribution >= 0.6 is 71.9 Å². The van der Waals surface area contributed by atoms with Gasteiger partial charge in [0.15, 0.2) is 11.6 Å². The molecule has 9 aromatic carbocycles. The SMILES string of the molecule is CC(=O)c1ccc(-c2ccc(C(C)=O)cc2)cc1.Nc1ccc(O)cc1.Nc1ccc(OC(=O)c2ccc(-c3ccc(C(=O)Oc4ccc(N)cc4)cc3)cc2)cc1.O=C(c1ccc(-c2ccc(C(=O)N3CCSC3=S)cc2)cc1)N1CCSC1=S.S=C1NCCS1.[B]. The average Bonchev–Trinajstić information content (AvgIpc) is 2.26. The van der Waals surface area contributed by atoms with Gasteiger partial charge in [-0.1, -0.05) is 169 Å². The molecule has 3 aliphatic rings. The number of esters is 2. The van der Waals surface area contributed by atoms with Gasteiger partial charge in [0.1, 0.15) is 30.2 Å². The van der Waals surface area contributed by atoms with Crippen molar-refractivity contribution in [2.45, 2.75) is 13.8 Å². The first-order valence-electron chi connectivity index (χ1n) is 28.5. The molecule has 0 bridgehead atoms. The van der Waals surface area contributed by atoms with Crippen LogP contribution in [-0.2, 0) is 0 Å². The lowest BCUT2D eigenvalue weighted by atomic mass is 10.0. The molecule has 22 heteroatoms. The highest BCUT2D eigenvalue weighted by molar-refractivity contribution is 8.24. The summed E-state index contributed by atoms with van der Waals surface area (Å²) in [5.74, 6) is 3.07. The van der Waals surface area contributed by atoms with Crippen LogP contribution in [0.25, 0.3) is 33.4 Å². The minimum Gasteiger partial charge on any atom is -0.508 e. The number of hydrogen-bond acceptors (Lipinski definition) is 18. The van der Waals surface area contributed by atoms with Gasteiger partial charge in [0.25, 0.3) is 11.8 Å². The predicted octanol–water partition coefficient (Wildman–Crippen LogP) is 14.2. The van der Waals surface area contributed by atoms with E-state index in [9.17, 15) is 28.8 Å². The van der Waals surface area contributed by atoms with Crippen LogP contribution in [-0.4, -0.2) is 108 Å². The van der Waals surface area contributed by atoms with Crippen LogP contribution < -0.4 is 32.0 Å². The number of Topliss-reactive ketones (excluding diaryl/α,β-unsaturated/α-hetero) is 2. The zero-order chi connectivity index (χ0) is 65.7. The molecule has 3 fully saturated rings. The fourth-order valence-electron chi connectivity index (χ4n) is 8.70. The number of thiocarbonyl (C=S) groups is 3. The fraction of sp³-hybridized carbons (Fsp3) is 0.113.